The molecule has 0 N–H and O–H groups in total. The van der Waals surface area contributed by atoms with Gasteiger partial charge in [-0.1, -0.05) is 30.4 Å². The normalized spacial score (nSPS) is 25.8. The summed E-state index contributed by atoms with van der Waals surface area (Å²) in [6, 6.07) is 6.85. The fraction of sp³-hybridized carbons (Fsp3) is 0.444. The number of amides is 1. The van der Waals surface area contributed by atoms with Crippen molar-refractivity contribution in [2.45, 2.75) is 44.3 Å². The highest BCUT2D eigenvalue weighted by molar-refractivity contribution is 6.09. The molecule has 24 heavy (non-hydrogen) atoms. The summed E-state index contributed by atoms with van der Waals surface area (Å²) in [4.78, 5) is 17.4. The van der Waals surface area contributed by atoms with Crippen LogP contribution >= 0.6 is 0 Å². The third-order valence-electron chi connectivity index (χ3n) is 5.16. The van der Waals surface area contributed by atoms with Gasteiger partial charge in [0, 0.05) is 6.54 Å². The van der Waals surface area contributed by atoms with Crippen molar-refractivity contribution in [3.63, 3.8) is 0 Å². The van der Waals surface area contributed by atoms with E-state index in [-0.39, 0.29) is 6.54 Å². The van der Waals surface area contributed by atoms with E-state index in [1.165, 1.54) is 0 Å². The number of nitrogens with zero attached hydrogens (tertiary/aromatic N) is 2. The number of carbonyl (C=O) groups is 1. The van der Waals surface area contributed by atoms with Crippen LogP contribution in [0.5, 0.6) is 0 Å². The number of benzene rings is 1. The van der Waals surface area contributed by atoms with Crippen LogP contribution in [0.25, 0.3) is 0 Å². The minimum Gasteiger partial charge on any atom is -0.327 e. The van der Waals surface area contributed by atoms with Gasteiger partial charge in [0.25, 0.3) is 0 Å². The van der Waals surface area contributed by atoms with Crippen LogP contribution < -0.4 is 0 Å². The predicted octanol–water partition coefficient (Wildman–Crippen LogP) is 4.16. The van der Waals surface area contributed by atoms with Gasteiger partial charge < -0.3 is 4.90 Å². The van der Waals surface area contributed by atoms with Crippen molar-refractivity contribution < 1.29 is 18.0 Å². The second-order valence-electron chi connectivity index (χ2n) is 6.39. The molecule has 1 aromatic carbocycles. The van der Waals surface area contributed by atoms with Gasteiger partial charge in [0.05, 0.1) is 22.9 Å². The van der Waals surface area contributed by atoms with Crippen LogP contribution in [0.3, 0.4) is 0 Å². The molecule has 6 heteroatoms. The fourth-order valence-corrected chi connectivity index (χ4v) is 3.82. The number of para-hydroxylation sites is 1. The Morgan fingerprint density at radius 3 is 2.71 bits per heavy atom. The van der Waals surface area contributed by atoms with E-state index in [0.717, 1.165) is 21.7 Å². The molecule has 2 unspecified atom stereocenters. The van der Waals surface area contributed by atoms with E-state index < -0.39 is 23.5 Å². The molecular weight excluding hydrogens is 317 g/mol. The van der Waals surface area contributed by atoms with E-state index in [2.05, 4.69) is 11.6 Å². The van der Waals surface area contributed by atoms with Gasteiger partial charge in [-0.25, -0.2) is 0 Å². The Kier molecular flexibility index (Phi) is 3.81. The van der Waals surface area contributed by atoms with Gasteiger partial charge in [-0.2, -0.15) is 13.2 Å². The second kappa shape index (κ2) is 5.46. The lowest BCUT2D eigenvalue weighted by atomic mass is 9.65. The molecule has 1 fully saturated rings. The van der Waals surface area contributed by atoms with Gasteiger partial charge in [-0.05, 0) is 38.3 Å². The second-order valence-corrected chi connectivity index (χ2v) is 6.39. The molecule has 1 saturated carbocycles. The van der Waals surface area contributed by atoms with Gasteiger partial charge in [0.1, 0.15) is 0 Å². The summed E-state index contributed by atoms with van der Waals surface area (Å²) in [5.41, 5.74) is 2.61. The number of aliphatic imine (C=N–C) groups is 1. The van der Waals surface area contributed by atoms with Crippen molar-refractivity contribution >= 4 is 17.3 Å². The molecule has 3 rings (SSSR count). The first-order chi connectivity index (χ1) is 11.2. The lowest BCUT2D eigenvalue weighted by molar-refractivity contribution is -0.186. The minimum absolute atomic E-state index is 0.0130. The Morgan fingerprint density at radius 2 is 2.08 bits per heavy atom. The van der Waals surface area contributed by atoms with E-state index in [0.29, 0.717) is 18.6 Å². The molecule has 0 bridgehead atoms. The number of rotatable bonds is 2. The standard InChI is InChI=1S/C18H19F3N2O/c1-4-23(16(24)18(19,20)21)14-10-9-11(2)17(3)12-7-5-6-8-13(12)22-15(14)17/h5-8,14H,2,4,9-10H2,1,3H3. The summed E-state index contributed by atoms with van der Waals surface area (Å²) in [6.45, 7) is 7.63. The summed E-state index contributed by atoms with van der Waals surface area (Å²) < 4.78 is 38.9. The number of fused-ring (bicyclic) bond motifs is 3. The number of halogens is 3. The Bertz CT molecular complexity index is 738. The van der Waals surface area contributed by atoms with E-state index >= 15 is 0 Å². The third kappa shape index (κ3) is 2.27. The van der Waals surface area contributed by atoms with Crippen LogP contribution in [0.15, 0.2) is 41.4 Å². The van der Waals surface area contributed by atoms with E-state index in [9.17, 15) is 18.0 Å². The molecule has 0 radical (unpaired) electrons. The van der Waals surface area contributed by atoms with Gasteiger partial charge in [-0.15, -0.1) is 0 Å². The molecule has 1 aromatic rings. The average molecular weight is 336 g/mol. The molecular formula is C18H19F3N2O. The maximum atomic E-state index is 13.0. The highest BCUT2D eigenvalue weighted by Crippen LogP contribution is 2.50. The zero-order valence-electron chi connectivity index (χ0n) is 13.7. The molecule has 1 amide bonds. The van der Waals surface area contributed by atoms with E-state index in [1.807, 2.05) is 31.2 Å². The van der Waals surface area contributed by atoms with Gasteiger partial charge in [-0.3, -0.25) is 9.79 Å². The average Bonchev–Trinajstić information content (AvgIpc) is 2.84. The molecule has 1 aliphatic heterocycles. The Morgan fingerprint density at radius 1 is 1.42 bits per heavy atom. The zero-order chi connectivity index (χ0) is 17.7. The Hall–Kier alpha value is -2.11. The SMILES string of the molecule is C=C1CCC(N(CC)C(=O)C(F)(F)F)C2=Nc3ccccc3C12C. The molecule has 3 nitrogen and oxygen atoms in total. The number of hydrogen-bond acceptors (Lipinski definition) is 2. The van der Waals surface area contributed by atoms with Crippen molar-refractivity contribution in [1.29, 1.82) is 0 Å². The highest BCUT2D eigenvalue weighted by Gasteiger charge is 2.52. The van der Waals surface area contributed by atoms with Gasteiger partial charge in [0.15, 0.2) is 0 Å². The highest BCUT2D eigenvalue weighted by atomic mass is 19.4. The van der Waals surface area contributed by atoms with Crippen LogP contribution in [0.1, 0.15) is 32.3 Å². The quantitative estimate of drug-likeness (QED) is 0.747. The maximum Gasteiger partial charge on any atom is 0.471 e. The Balaban J connectivity index is 2.07. The predicted molar refractivity (Wildman–Crippen MR) is 86.5 cm³/mol. The largest absolute Gasteiger partial charge is 0.471 e. The lowest BCUT2D eigenvalue weighted by Gasteiger charge is -2.43. The molecule has 0 spiro atoms. The van der Waals surface area contributed by atoms with E-state index in [1.54, 1.807) is 6.92 Å². The lowest BCUT2D eigenvalue weighted by Crippen LogP contribution is -2.56. The summed E-state index contributed by atoms with van der Waals surface area (Å²) in [7, 11) is 0. The van der Waals surface area contributed by atoms with Crippen molar-refractivity contribution in [1.82, 2.24) is 4.90 Å². The number of allylic oxidation sites excluding steroid dienone is 1. The molecule has 128 valence electrons. The Labute approximate surface area is 138 Å². The smallest absolute Gasteiger partial charge is 0.327 e. The van der Waals surface area contributed by atoms with Crippen molar-refractivity contribution in [2.75, 3.05) is 6.54 Å². The summed E-state index contributed by atoms with van der Waals surface area (Å²) in [5, 5.41) is 0. The molecule has 1 heterocycles. The molecule has 0 aromatic heterocycles. The van der Waals surface area contributed by atoms with Gasteiger partial charge >= 0.3 is 12.1 Å². The summed E-state index contributed by atoms with van der Waals surface area (Å²) in [6.07, 6.45) is -3.90. The molecule has 2 aliphatic rings. The van der Waals surface area contributed by atoms with Crippen LogP contribution in [0.2, 0.25) is 0 Å². The molecule has 1 aliphatic carbocycles. The van der Waals surface area contributed by atoms with Crippen LogP contribution in [-0.2, 0) is 10.2 Å². The molecule has 0 saturated heterocycles. The first kappa shape index (κ1) is 16.7. The van der Waals surface area contributed by atoms with Crippen LogP contribution in [0.4, 0.5) is 18.9 Å². The first-order valence-corrected chi connectivity index (χ1v) is 7.95. The van der Waals surface area contributed by atoms with Crippen molar-refractivity contribution in [3.8, 4) is 0 Å². The first-order valence-electron chi connectivity index (χ1n) is 7.95. The zero-order valence-corrected chi connectivity index (χ0v) is 13.7. The minimum atomic E-state index is -4.88. The number of alkyl halides is 3. The fourth-order valence-electron chi connectivity index (χ4n) is 3.82. The monoisotopic (exact) mass is 336 g/mol. The topological polar surface area (TPSA) is 32.7 Å². The van der Waals surface area contributed by atoms with E-state index in [4.69, 9.17) is 0 Å². The third-order valence-corrected chi connectivity index (χ3v) is 5.16. The number of carbonyl (C=O) groups excluding carboxylic acids is 1. The number of hydrogen-bond donors (Lipinski definition) is 0. The van der Waals surface area contributed by atoms with Crippen molar-refractivity contribution in [2.24, 2.45) is 4.99 Å². The summed E-state index contributed by atoms with van der Waals surface area (Å²) in [5.74, 6) is -1.80. The maximum absolute atomic E-state index is 13.0. The molecule has 2 atom stereocenters. The van der Waals surface area contributed by atoms with Crippen LogP contribution in [0, 0.1) is 0 Å². The van der Waals surface area contributed by atoms with Gasteiger partial charge in [0.2, 0.25) is 0 Å². The van der Waals surface area contributed by atoms with Crippen molar-refractivity contribution in [3.05, 3.63) is 42.0 Å². The summed E-state index contributed by atoms with van der Waals surface area (Å²) >= 11 is 0. The van der Waals surface area contributed by atoms with Crippen LogP contribution in [-0.4, -0.2) is 35.3 Å².